The second kappa shape index (κ2) is 5.44. The zero-order chi connectivity index (χ0) is 14.0. The number of rotatable bonds is 3. The summed E-state index contributed by atoms with van der Waals surface area (Å²) in [6.07, 6.45) is 1.62. The van der Waals surface area contributed by atoms with Crippen molar-refractivity contribution in [1.29, 1.82) is 0 Å². The number of aromatic nitrogens is 1. The molecule has 0 bridgehead atoms. The number of halogens is 1. The zero-order valence-electron chi connectivity index (χ0n) is 10.6. The van der Waals surface area contributed by atoms with Crippen LogP contribution in [0.4, 0.5) is 5.69 Å². The van der Waals surface area contributed by atoms with Crippen molar-refractivity contribution in [1.82, 2.24) is 10.3 Å². The van der Waals surface area contributed by atoms with E-state index in [1.54, 1.807) is 38.2 Å². The van der Waals surface area contributed by atoms with E-state index in [0.717, 1.165) is 4.47 Å². The normalized spacial score (nSPS) is 12.2. The van der Waals surface area contributed by atoms with Crippen LogP contribution in [0.15, 0.2) is 33.3 Å². The molecule has 0 saturated heterocycles. The summed E-state index contributed by atoms with van der Waals surface area (Å²) in [5.41, 5.74) is 6.66. The molecule has 0 aliphatic rings. The number of carbonyl (C=O) groups excluding carboxylic acids is 1. The fourth-order valence-corrected chi connectivity index (χ4v) is 2.03. The van der Waals surface area contributed by atoms with Crippen LogP contribution >= 0.6 is 15.9 Å². The average Bonchev–Trinajstić information content (AvgIpc) is 2.75. The molecule has 0 aliphatic heterocycles. The van der Waals surface area contributed by atoms with Gasteiger partial charge in [-0.2, -0.15) is 0 Å². The van der Waals surface area contributed by atoms with E-state index in [1.807, 2.05) is 0 Å². The lowest BCUT2D eigenvalue weighted by atomic mass is 10.1. The molecule has 1 atom stereocenters. The lowest BCUT2D eigenvalue weighted by Gasteiger charge is -2.12. The minimum Gasteiger partial charge on any atom is -0.444 e. The molecule has 2 aromatic rings. The number of nitrogens with zero attached hydrogens (tertiary/aromatic N) is 1. The number of oxazole rings is 1. The van der Waals surface area contributed by atoms with Crippen molar-refractivity contribution in [3.63, 3.8) is 0 Å². The van der Waals surface area contributed by atoms with E-state index in [4.69, 9.17) is 10.2 Å². The Balaban J connectivity index is 2.12. The third-order valence-corrected chi connectivity index (χ3v) is 3.11. The number of carbonyl (C=O) groups is 1. The highest BCUT2D eigenvalue weighted by Gasteiger charge is 2.17. The molecule has 1 heterocycles. The molecule has 0 radical (unpaired) electrons. The van der Waals surface area contributed by atoms with Gasteiger partial charge in [-0.25, -0.2) is 4.98 Å². The topological polar surface area (TPSA) is 81.2 Å². The molecule has 100 valence electrons. The Morgan fingerprint density at radius 3 is 2.84 bits per heavy atom. The summed E-state index contributed by atoms with van der Waals surface area (Å²) in [5, 5.41) is 2.80. The quantitative estimate of drug-likeness (QED) is 0.851. The molecule has 19 heavy (non-hydrogen) atoms. The van der Waals surface area contributed by atoms with Gasteiger partial charge in [-0.15, -0.1) is 0 Å². The second-order valence-electron chi connectivity index (χ2n) is 4.24. The molecule has 0 spiro atoms. The molecule has 0 aliphatic carbocycles. The Morgan fingerprint density at radius 1 is 1.53 bits per heavy atom. The lowest BCUT2D eigenvalue weighted by molar-refractivity contribution is 0.0935. The molecule has 1 aromatic carbocycles. The standard InChI is InChI=1S/C13H14BrN3O2/c1-7-6-16-13(19-7)8(2)17-12(18)10-4-3-9(14)5-11(10)15/h3-6,8H,15H2,1-2H3,(H,17,18). The summed E-state index contributed by atoms with van der Waals surface area (Å²) in [5.74, 6) is 0.925. The number of nitrogen functional groups attached to an aromatic ring is 1. The molecule has 2 rings (SSSR count). The fraction of sp³-hybridized carbons (Fsp3) is 0.231. The van der Waals surface area contributed by atoms with Gasteiger partial charge in [0, 0.05) is 10.2 Å². The third-order valence-electron chi connectivity index (χ3n) is 2.62. The predicted molar refractivity (Wildman–Crippen MR) is 75.7 cm³/mol. The fourth-order valence-electron chi connectivity index (χ4n) is 1.65. The van der Waals surface area contributed by atoms with Gasteiger partial charge in [-0.05, 0) is 32.0 Å². The summed E-state index contributed by atoms with van der Waals surface area (Å²) in [6.45, 7) is 3.61. The van der Waals surface area contributed by atoms with Crippen LogP contribution in [-0.2, 0) is 0 Å². The maximum Gasteiger partial charge on any atom is 0.254 e. The van der Waals surface area contributed by atoms with E-state index in [0.29, 0.717) is 22.9 Å². The molecule has 3 N–H and O–H groups in total. The smallest absolute Gasteiger partial charge is 0.254 e. The third kappa shape index (κ3) is 3.14. The van der Waals surface area contributed by atoms with Crippen molar-refractivity contribution in [2.45, 2.75) is 19.9 Å². The Morgan fingerprint density at radius 2 is 2.26 bits per heavy atom. The van der Waals surface area contributed by atoms with Crippen LogP contribution in [0.2, 0.25) is 0 Å². The highest BCUT2D eigenvalue weighted by molar-refractivity contribution is 9.10. The monoisotopic (exact) mass is 323 g/mol. The summed E-state index contributed by atoms with van der Waals surface area (Å²) in [7, 11) is 0. The van der Waals surface area contributed by atoms with Crippen molar-refractivity contribution in [3.05, 3.63) is 46.1 Å². The number of hydrogen-bond acceptors (Lipinski definition) is 4. The Bertz CT molecular complexity index is 610. The largest absolute Gasteiger partial charge is 0.444 e. The number of benzene rings is 1. The van der Waals surface area contributed by atoms with Gasteiger partial charge in [-0.3, -0.25) is 4.79 Å². The number of hydrogen-bond donors (Lipinski definition) is 2. The minimum absolute atomic E-state index is 0.256. The maximum absolute atomic E-state index is 12.1. The van der Waals surface area contributed by atoms with E-state index >= 15 is 0 Å². The molecule has 5 nitrogen and oxygen atoms in total. The first-order valence-electron chi connectivity index (χ1n) is 5.75. The van der Waals surface area contributed by atoms with Crippen molar-refractivity contribution in [2.24, 2.45) is 0 Å². The summed E-state index contributed by atoms with van der Waals surface area (Å²) < 4.78 is 6.20. The van der Waals surface area contributed by atoms with Gasteiger partial charge in [-0.1, -0.05) is 15.9 Å². The van der Waals surface area contributed by atoms with Crippen LogP contribution in [-0.4, -0.2) is 10.9 Å². The zero-order valence-corrected chi connectivity index (χ0v) is 12.2. The van der Waals surface area contributed by atoms with Gasteiger partial charge >= 0.3 is 0 Å². The first-order chi connectivity index (χ1) is 8.97. The van der Waals surface area contributed by atoms with E-state index in [1.165, 1.54) is 0 Å². The van der Waals surface area contributed by atoms with Gasteiger partial charge in [0.25, 0.3) is 5.91 Å². The first-order valence-corrected chi connectivity index (χ1v) is 6.55. The first kappa shape index (κ1) is 13.6. The van der Waals surface area contributed by atoms with Crippen LogP contribution in [0, 0.1) is 6.92 Å². The molecule has 0 fully saturated rings. The van der Waals surface area contributed by atoms with Crippen LogP contribution in [0.1, 0.15) is 35.0 Å². The van der Waals surface area contributed by atoms with Crippen molar-refractivity contribution >= 4 is 27.5 Å². The van der Waals surface area contributed by atoms with E-state index in [-0.39, 0.29) is 11.9 Å². The minimum atomic E-state index is -0.316. The average molecular weight is 324 g/mol. The SMILES string of the molecule is Cc1cnc(C(C)NC(=O)c2ccc(Br)cc2N)o1. The summed E-state index contributed by atoms with van der Waals surface area (Å²) >= 11 is 3.30. The van der Waals surface area contributed by atoms with Crippen molar-refractivity contribution < 1.29 is 9.21 Å². The molecular weight excluding hydrogens is 310 g/mol. The van der Waals surface area contributed by atoms with Crippen LogP contribution in [0.5, 0.6) is 0 Å². The highest BCUT2D eigenvalue weighted by Crippen LogP contribution is 2.20. The van der Waals surface area contributed by atoms with Crippen LogP contribution in [0.3, 0.4) is 0 Å². The Hall–Kier alpha value is -1.82. The van der Waals surface area contributed by atoms with Crippen LogP contribution in [0.25, 0.3) is 0 Å². The van der Waals surface area contributed by atoms with Gasteiger partial charge in [0.05, 0.1) is 11.8 Å². The predicted octanol–water partition coefficient (Wildman–Crippen LogP) is 2.82. The number of amides is 1. The van der Waals surface area contributed by atoms with E-state index < -0.39 is 0 Å². The van der Waals surface area contributed by atoms with Gasteiger partial charge in [0.1, 0.15) is 11.8 Å². The number of nitrogens with two attached hydrogens (primary N) is 1. The van der Waals surface area contributed by atoms with E-state index in [2.05, 4.69) is 26.2 Å². The summed E-state index contributed by atoms with van der Waals surface area (Å²) in [4.78, 5) is 16.2. The van der Waals surface area contributed by atoms with Gasteiger partial charge in [0.2, 0.25) is 5.89 Å². The number of anilines is 1. The Labute approximate surface area is 119 Å². The number of nitrogens with one attached hydrogen (secondary N) is 1. The summed E-state index contributed by atoms with van der Waals surface area (Å²) in [6, 6.07) is 4.81. The van der Waals surface area contributed by atoms with Crippen molar-refractivity contribution in [3.8, 4) is 0 Å². The van der Waals surface area contributed by atoms with Gasteiger partial charge < -0.3 is 15.5 Å². The van der Waals surface area contributed by atoms with Crippen LogP contribution < -0.4 is 11.1 Å². The highest BCUT2D eigenvalue weighted by atomic mass is 79.9. The molecule has 1 unspecified atom stereocenters. The molecule has 1 aromatic heterocycles. The molecule has 1 amide bonds. The number of aryl methyl sites for hydroxylation is 1. The van der Waals surface area contributed by atoms with Gasteiger partial charge in [0.15, 0.2) is 0 Å². The molecule has 6 heteroatoms. The Kier molecular flexibility index (Phi) is 3.90. The maximum atomic E-state index is 12.1. The van der Waals surface area contributed by atoms with Crippen molar-refractivity contribution in [2.75, 3.05) is 5.73 Å². The lowest BCUT2D eigenvalue weighted by Crippen LogP contribution is -2.27. The second-order valence-corrected chi connectivity index (χ2v) is 5.15. The molecule has 0 saturated carbocycles. The molecular formula is C13H14BrN3O2. The van der Waals surface area contributed by atoms with E-state index in [9.17, 15) is 4.79 Å².